The molecule has 0 saturated heterocycles. The number of benzene rings is 2. The highest BCUT2D eigenvalue weighted by molar-refractivity contribution is 5.94. The van der Waals surface area contributed by atoms with Crippen molar-refractivity contribution in [2.24, 2.45) is 0 Å². The van der Waals surface area contributed by atoms with Crippen LogP contribution in [0.1, 0.15) is 27.0 Å². The van der Waals surface area contributed by atoms with Crippen molar-refractivity contribution in [1.29, 1.82) is 5.26 Å². The summed E-state index contributed by atoms with van der Waals surface area (Å²) in [5.41, 5.74) is 0.861. The van der Waals surface area contributed by atoms with Gasteiger partial charge in [-0.3, -0.25) is 4.79 Å². The number of rotatable bonds is 3. The van der Waals surface area contributed by atoms with Gasteiger partial charge < -0.3 is 5.32 Å². The van der Waals surface area contributed by atoms with E-state index in [9.17, 15) is 13.6 Å². The molecular weight excluding hydrogens is 274 g/mol. The Kier molecular flexibility index (Phi) is 4.29. The van der Waals surface area contributed by atoms with Crippen molar-refractivity contribution in [2.45, 2.75) is 13.5 Å². The van der Waals surface area contributed by atoms with Crippen molar-refractivity contribution >= 4 is 5.91 Å². The summed E-state index contributed by atoms with van der Waals surface area (Å²) in [7, 11) is 0. The van der Waals surface area contributed by atoms with E-state index in [1.165, 1.54) is 13.0 Å². The molecule has 1 amide bonds. The largest absolute Gasteiger partial charge is 0.348 e. The molecule has 0 aliphatic heterocycles. The molecule has 0 bridgehead atoms. The monoisotopic (exact) mass is 286 g/mol. The fourth-order valence-corrected chi connectivity index (χ4v) is 1.83. The Morgan fingerprint density at radius 2 is 1.86 bits per heavy atom. The number of nitriles is 1. The highest BCUT2D eigenvalue weighted by Gasteiger charge is 2.18. The van der Waals surface area contributed by atoms with Crippen molar-refractivity contribution in [1.82, 2.24) is 5.32 Å². The first-order valence-corrected chi connectivity index (χ1v) is 6.24. The predicted molar refractivity (Wildman–Crippen MR) is 73.4 cm³/mol. The van der Waals surface area contributed by atoms with Crippen molar-refractivity contribution in [2.75, 3.05) is 0 Å². The first kappa shape index (κ1) is 14.7. The molecule has 0 aliphatic rings. The minimum absolute atomic E-state index is 0.122. The van der Waals surface area contributed by atoms with Crippen molar-refractivity contribution < 1.29 is 13.6 Å². The van der Waals surface area contributed by atoms with E-state index in [0.717, 1.165) is 11.6 Å². The summed E-state index contributed by atoms with van der Waals surface area (Å²) in [6.45, 7) is 1.59. The van der Waals surface area contributed by atoms with Gasteiger partial charge in [-0.05, 0) is 36.2 Å². The number of hydrogen-bond acceptors (Lipinski definition) is 2. The average Bonchev–Trinajstić information content (AvgIpc) is 2.50. The maximum Gasteiger partial charge on any atom is 0.257 e. The quantitative estimate of drug-likeness (QED) is 0.942. The normalized spacial score (nSPS) is 10.0. The highest BCUT2D eigenvalue weighted by Crippen LogP contribution is 2.16. The Morgan fingerprint density at radius 3 is 2.48 bits per heavy atom. The summed E-state index contributed by atoms with van der Waals surface area (Å²) in [5, 5.41) is 11.1. The highest BCUT2D eigenvalue weighted by atomic mass is 19.1. The van der Waals surface area contributed by atoms with Crippen LogP contribution in [0.4, 0.5) is 8.78 Å². The molecule has 0 radical (unpaired) electrons. The van der Waals surface area contributed by atoms with Gasteiger partial charge in [0.25, 0.3) is 5.91 Å². The first-order valence-electron chi connectivity index (χ1n) is 6.24. The minimum atomic E-state index is -0.893. The molecular formula is C16H12F2N2O. The van der Waals surface area contributed by atoms with E-state index < -0.39 is 23.1 Å². The number of halogens is 2. The molecule has 106 valence electrons. The second kappa shape index (κ2) is 6.14. The zero-order valence-corrected chi connectivity index (χ0v) is 11.3. The Morgan fingerprint density at radius 1 is 1.19 bits per heavy atom. The van der Waals surface area contributed by atoms with Crippen LogP contribution < -0.4 is 5.32 Å². The molecule has 0 fully saturated rings. The van der Waals surface area contributed by atoms with Gasteiger partial charge in [0, 0.05) is 6.54 Å². The average molecular weight is 286 g/mol. The Balaban J connectivity index is 2.12. The summed E-state index contributed by atoms with van der Waals surface area (Å²) in [5.74, 6) is -2.55. The molecule has 0 aromatic heterocycles. The molecule has 0 aliphatic carbocycles. The second-order valence-electron chi connectivity index (χ2n) is 4.54. The van der Waals surface area contributed by atoms with Crippen LogP contribution in [0.2, 0.25) is 0 Å². The Bertz CT molecular complexity index is 718. The number of aryl methyl sites for hydroxylation is 1. The van der Waals surface area contributed by atoms with Crippen molar-refractivity contribution in [3.05, 3.63) is 70.3 Å². The van der Waals surface area contributed by atoms with Crippen LogP contribution in [0.3, 0.4) is 0 Å². The third-order valence-electron chi connectivity index (χ3n) is 3.05. The third kappa shape index (κ3) is 3.23. The summed E-state index contributed by atoms with van der Waals surface area (Å²) in [6.07, 6.45) is 0. The van der Waals surface area contributed by atoms with Gasteiger partial charge in [-0.25, -0.2) is 8.78 Å². The smallest absolute Gasteiger partial charge is 0.257 e. The van der Waals surface area contributed by atoms with Gasteiger partial charge in [0.2, 0.25) is 0 Å². The number of amides is 1. The molecule has 2 rings (SSSR count). The Labute approximate surface area is 120 Å². The van der Waals surface area contributed by atoms with Gasteiger partial charge in [0.05, 0.1) is 11.6 Å². The SMILES string of the molecule is Cc1ccc(F)c(C(=O)NCc2ccc(C#N)cc2)c1F. The molecule has 21 heavy (non-hydrogen) atoms. The van der Waals surface area contributed by atoms with E-state index in [0.29, 0.717) is 5.56 Å². The first-order chi connectivity index (χ1) is 10.0. The van der Waals surface area contributed by atoms with Crippen molar-refractivity contribution in [3.8, 4) is 6.07 Å². The molecule has 0 spiro atoms. The molecule has 0 atom stereocenters. The predicted octanol–water partition coefficient (Wildman–Crippen LogP) is 3.07. The lowest BCUT2D eigenvalue weighted by atomic mass is 10.1. The fraction of sp³-hybridized carbons (Fsp3) is 0.125. The van der Waals surface area contributed by atoms with E-state index in [2.05, 4.69) is 5.32 Å². The van der Waals surface area contributed by atoms with Gasteiger partial charge >= 0.3 is 0 Å². The molecule has 2 aromatic carbocycles. The number of carbonyl (C=O) groups excluding carboxylic acids is 1. The summed E-state index contributed by atoms with van der Waals surface area (Å²) < 4.78 is 27.4. The van der Waals surface area contributed by atoms with Crippen LogP contribution in [0.15, 0.2) is 36.4 Å². The van der Waals surface area contributed by atoms with Gasteiger partial charge in [0.1, 0.15) is 17.2 Å². The van der Waals surface area contributed by atoms with E-state index in [-0.39, 0.29) is 12.1 Å². The topological polar surface area (TPSA) is 52.9 Å². The molecule has 1 N–H and O–H groups in total. The molecule has 5 heteroatoms. The minimum Gasteiger partial charge on any atom is -0.348 e. The zero-order chi connectivity index (χ0) is 15.4. The number of nitrogens with one attached hydrogen (secondary N) is 1. The van der Waals surface area contributed by atoms with Gasteiger partial charge in [0.15, 0.2) is 0 Å². The lowest BCUT2D eigenvalue weighted by Gasteiger charge is -2.08. The molecule has 0 saturated carbocycles. The van der Waals surface area contributed by atoms with Crippen LogP contribution >= 0.6 is 0 Å². The van der Waals surface area contributed by atoms with E-state index >= 15 is 0 Å². The molecule has 3 nitrogen and oxygen atoms in total. The second-order valence-corrected chi connectivity index (χ2v) is 4.54. The number of hydrogen-bond donors (Lipinski definition) is 1. The summed E-state index contributed by atoms with van der Waals surface area (Å²) in [6, 6.07) is 10.9. The molecule has 2 aromatic rings. The zero-order valence-electron chi connectivity index (χ0n) is 11.3. The maximum atomic E-state index is 13.8. The van der Waals surface area contributed by atoms with E-state index in [1.54, 1.807) is 24.3 Å². The number of nitrogens with zero attached hydrogens (tertiary/aromatic N) is 1. The van der Waals surface area contributed by atoms with Crippen LogP contribution in [0.25, 0.3) is 0 Å². The standard InChI is InChI=1S/C16H12F2N2O/c1-10-2-7-13(17)14(15(10)18)16(21)20-9-12-5-3-11(8-19)4-6-12/h2-7H,9H2,1H3,(H,20,21). The summed E-state index contributed by atoms with van der Waals surface area (Å²) >= 11 is 0. The lowest BCUT2D eigenvalue weighted by molar-refractivity contribution is 0.0942. The summed E-state index contributed by atoms with van der Waals surface area (Å²) in [4.78, 5) is 11.9. The Hall–Kier alpha value is -2.74. The van der Waals surface area contributed by atoms with Crippen LogP contribution in [0, 0.1) is 29.9 Å². The van der Waals surface area contributed by atoms with Crippen LogP contribution in [0.5, 0.6) is 0 Å². The lowest BCUT2D eigenvalue weighted by Crippen LogP contribution is -2.25. The van der Waals surface area contributed by atoms with Crippen LogP contribution in [-0.4, -0.2) is 5.91 Å². The number of carbonyl (C=O) groups is 1. The van der Waals surface area contributed by atoms with Gasteiger partial charge in [-0.1, -0.05) is 18.2 Å². The van der Waals surface area contributed by atoms with Gasteiger partial charge in [-0.15, -0.1) is 0 Å². The van der Waals surface area contributed by atoms with E-state index in [1.807, 2.05) is 6.07 Å². The fourth-order valence-electron chi connectivity index (χ4n) is 1.83. The maximum absolute atomic E-state index is 13.8. The molecule has 0 unspecified atom stereocenters. The van der Waals surface area contributed by atoms with Gasteiger partial charge in [-0.2, -0.15) is 5.26 Å². The third-order valence-corrected chi connectivity index (χ3v) is 3.05. The molecule has 0 heterocycles. The van der Waals surface area contributed by atoms with Crippen LogP contribution in [-0.2, 0) is 6.54 Å². The van der Waals surface area contributed by atoms with E-state index in [4.69, 9.17) is 5.26 Å². The van der Waals surface area contributed by atoms with Crippen molar-refractivity contribution in [3.63, 3.8) is 0 Å².